The molecule has 1 aliphatic heterocycles. The van der Waals surface area contributed by atoms with Gasteiger partial charge >= 0.3 is 0 Å². The van der Waals surface area contributed by atoms with E-state index in [1.807, 2.05) is 13.8 Å². The Labute approximate surface area is 133 Å². The van der Waals surface area contributed by atoms with Crippen LogP contribution in [0.25, 0.3) is 5.69 Å². The second kappa shape index (κ2) is 6.08. The number of carbonyl (C=O) groups is 1. The van der Waals surface area contributed by atoms with E-state index >= 15 is 0 Å². The highest BCUT2D eigenvalue weighted by molar-refractivity contribution is 5.93. The van der Waals surface area contributed by atoms with Gasteiger partial charge in [0.1, 0.15) is 5.82 Å². The molecule has 6 nitrogen and oxygen atoms in total. The highest BCUT2D eigenvalue weighted by atomic mass is 19.1. The van der Waals surface area contributed by atoms with Crippen molar-refractivity contribution in [2.24, 2.45) is 0 Å². The quantitative estimate of drug-likeness (QED) is 0.849. The Morgan fingerprint density at radius 3 is 2.70 bits per heavy atom. The molecule has 2 heterocycles. The van der Waals surface area contributed by atoms with E-state index < -0.39 is 0 Å². The fourth-order valence-corrected chi connectivity index (χ4v) is 2.68. The minimum Gasteiger partial charge on any atom is -0.375 e. The van der Waals surface area contributed by atoms with Gasteiger partial charge in [-0.25, -0.2) is 9.07 Å². The number of rotatable bonds is 2. The number of halogens is 1. The molecule has 23 heavy (non-hydrogen) atoms. The van der Waals surface area contributed by atoms with Crippen molar-refractivity contribution in [3.63, 3.8) is 0 Å². The van der Waals surface area contributed by atoms with E-state index in [0.717, 1.165) is 0 Å². The molecule has 3 rings (SSSR count). The number of ether oxygens (including phenoxy) is 1. The molecule has 1 saturated heterocycles. The summed E-state index contributed by atoms with van der Waals surface area (Å²) in [6.07, 6.45) is 0.00241. The van der Waals surface area contributed by atoms with Gasteiger partial charge < -0.3 is 9.64 Å². The van der Waals surface area contributed by atoms with Crippen molar-refractivity contribution in [3.05, 3.63) is 41.5 Å². The molecule has 122 valence electrons. The van der Waals surface area contributed by atoms with Crippen molar-refractivity contribution < 1.29 is 13.9 Å². The molecule has 2 unspecified atom stereocenters. The number of nitrogens with zero attached hydrogens (tertiary/aromatic N) is 4. The van der Waals surface area contributed by atoms with E-state index in [1.165, 1.54) is 12.1 Å². The molecule has 7 heteroatoms. The summed E-state index contributed by atoms with van der Waals surface area (Å²) in [7, 11) is 0. The molecular weight excluding hydrogens is 299 g/mol. The highest BCUT2D eigenvalue weighted by Gasteiger charge is 2.31. The SMILES string of the molecule is Cc1c(C(=O)N2CC(C)OCC2C)nnn1-c1ccc(F)cc1. The Bertz CT molecular complexity index is 713. The van der Waals surface area contributed by atoms with Crippen molar-refractivity contribution in [3.8, 4) is 5.69 Å². The van der Waals surface area contributed by atoms with Crippen LogP contribution in [0.4, 0.5) is 4.39 Å². The van der Waals surface area contributed by atoms with Gasteiger partial charge in [-0.05, 0) is 45.0 Å². The van der Waals surface area contributed by atoms with Crippen molar-refractivity contribution >= 4 is 5.91 Å². The number of carbonyl (C=O) groups excluding carboxylic acids is 1. The van der Waals surface area contributed by atoms with E-state index in [-0.39, 0.29) is 23.9 Å². The zero-order valence-corrected chi connectivity index (χ0v) is 13.4. The van der Waals surface area contributed by atoms with E-state index in [1.54, 1.807) is 28.6 Å². The summed E-state index contributed by atoms with van der Waals surface area (Å²) in [5.74, 6) is -0.475. The third-order valence-corrected chi connectivity index (χ3v) is 4.04. The predicted octanol–water partition coefficient (Wildman–Crippen LogP) is 1.96. The molecule has 0 bridgehead atoms. The van der Waals surface area contributed by atoms with Crippen molar-refractivity contribution in [1.29, 1.82) is 0 Å². The van der Waals surface area contributed by atoms with Crippen LogP contribution >= 0.6 is 0 Å². The topological polar surface area (TPSA) is 60.3 Å². The van der Waals surface area contributed by atoms with Crippen LogP contribution in [0.2, 0.25) is 0 Å². The molecule has 1 aromatic heterocycles. The van der Waals surface area contributed by atoms with Gasteiger partial charge in [0.2, 0.25) is 0 Å². The van der Waals surface area contributed by atoms with Crippen molar-refractivity contribution in [1.82, 2.24) is 19.9 Å². The number of aromatic nitrogens is 3. The van der Waals surface area contributed by atoms with E-state index in [2.05, 4.69) is 10.3 Å². The molecule has 2 aromatic rings. The number of hydrogen-bond acceptors (Lipinski definition) is 4. The van der Waals surface area contributed by atoms with Gasteiger partial charge in [0.25, 0.3) is 5.91 Å². The summed E-state index contributed by atoms with van der Waals surface area (Å²) in [6, 6.07) is 5.90. The first-order chi connectivity index (χ1) is 11.0. The molecule has 0 aliphatic carbocycles. The van der Waals surface area contributed by atoms with E-state index in [0.29, 0.717) is 30.2 Å². The first-order valence-electron chi connectivity index (χ1n) is 7.58. The van der Waals surface area contributed by atoms with Crippen LogP contribution in [0.1, 0.15) is 30.0 Å². The standard InChI is InChI=1S/C16H19FN4O2/c1-10-9-23-11(2)8-20(10)16(22)15-12(3)21(19-18-15)14-6-4-13(17)5-7-14/h4-7,10-11H,8-9H2,1-3H3. The molecule has 1 aromatic carbocycles. The first kappa shape index (κ1) is 15.6. The predicted molar refractivity (Wildman–Crippen MR) is 82.0 cm³/mol. The minimum atomic E-state index is -0.320. The molecule has 0 radical (unpaired) electrons. The van der Waals surface area contributed by atoms with Gasteiger partial charge in [0.15, 0.2) is 5.69 Å². The van der Waals surface area contributed by atoms with Gasteiger partial charge in [0, 0.05) is 6.54 Å². The van der Waals surface area contributed by atoms with Crippen LogP contribution in [0.15, 0.2) is 24.3 Å². The molecule has 0 N–H and O–H groups in total. The van der Waals surface area contributed by atoms with Crippen LogP contribution in [0, 0.1) is 12.7 Å². The summed E-state index contributed by atoms with van der Waals surface area (Å²) < 4.78 is 20.1. The maximum Gasteiger partial charge on any atom is 0.276 e. The number of benzene rings is 1. The maximum absolute atomic E-state index is 13.0. The average molecular weight is 318 g/mol. The molecule has 1 fully saturated rings. The Kier molecular flexibility index (Phi) is 4.12. The minimum absolute atomic E-state index is 0.00241. The number of hydrogen-bond donors (Lipinski definition) is 0. The lowest BCUT2D eigenvalue weighted by Crippen LogP contribution is -2.50. The van der Waals surface area contributed by atoms with Gasteiger partial charge in [-0.15, -0.1) is 5.10 Å². The lowest BCUT2D eigenvalue weighted by atomic mass is 10.1. The van der Waals surface area contributed by atoms with Gasteiger partial charge in [0.05, 0.1) is 30.1 Å². The average Bonchev–Trinajstić information content (AvgIpc) is 2.91. The van der Waals surface area contributed by atoms with Gasteiger partial charge in [-0.2, -0.15) is 0 Å². The monoisotopic (exact) mass is 318 g/mol. The zero-order chi connectivity index (χ0) is 16.6. The summed E-state index contributed by atoms with van der Waals surface area (Å²) >= 11 is 0. The second-order valence-corrected chi connectivity index (χ2v) is 5.86. The normalized spacial score (nSPS) is 21.5. The highest BCUT2D eigenvalue weighted by Crippen LogP contribution is 2.18. The lowest BCUT2D eigenvalue weighted by Gasteiger charge is -2.36. The van der Waals surface area contributed by atoms with Crippen LogP contribution < -0.4 is 0 Å². The number of amides is 1. The smallest absolute Gasteiger partial charge is 0.276 e. The molecule has 0 saturated carbocycles. The van der Waals surface area contributed by atoms with Crippen LogP contribution in [-0.2, 0) is 4.74 Å². The Morgan fingerprint density at radius 1 is 1.30 bits per heavy atom. The molecule has 2 atom stereocenters. The molecule has 0 spiro atoms. The van der Waals surface area contributed by atoms with Crippen LogP contribution in [-0.4, -0.2) is 51.1 Å². The largest absolute Gasteiger partial charge is 0.375 e. The Morgan fingerprint density at radius 2 is 2.00 bits per heavy atom. The summed E-state index contributed by atoms with van der Waals surface area (Å²) in [5, 5.41) is 8.08. The molecule has 1 amide bonds. The van der Waals surface area contributed by atoms with Gasteiger partial charge in [-0.3, -0.25) is 4.79 Å². The Hall–Kier alpha value is -2.28. The van der Waals surface area contributed by atoms with Crippen molar-refractivity contribution in [2.45, 2.75) is 32.9 Å². The lowest BCUT2D eigenvalue weighted by molar-refractivity contribution is -0.0389. The molecular formula is C16H19FN4O2. The van der Waals surface area contributed by atoms with Crippen LogP contribution in [0.3, 0.4) is 0 Å². The van der Waals surface area contributed by atoms with Crippen LogP contribution in [0.5, 0.6) is 0 Å². The summed E-state index contributed by atoms with van der Waals surface area (Å²) in [5.41, 5.74) is 1.61. The van der Waals surface area contributed by atoms with E-state index in [9.17, 15) is 9.18 Å². The Balaban J connectivity index is 1.89. The van der Waals surface area contributed by atoms with Crippen molar-refractivity contribution in [2.75, 3.05) is 13.2 Å². The fraction of sp³-hybridized carbons (Fsp3) is 0.438. The summed E-state index contributed by atoms with van der Waals surface area (Å²) in [4.78, 5) is 14.5. The third kappa shape index (κ3) is 2.96. The third-order valence-electron chi connectivity index (χ3n) is 4.04. The van der Waals surface area contributed by atoms with Gasteiger partial charge in [-0.1, -0.05) is 5.21 Å². The summed E-state index contributed by atoms with van der Waals surface area (Å²) in [6.45, 7) is 6.71. The fourth-order valence-electron chi connectivity index (χ4n) is 2.68. The first-order valence-corrected chi connectivity index (χ1v) is 7.58. The maximum atomic E-state index is 13.0. The van der Waals surface area contributed by atoms with E-state index in [4.69, 9.17) is 4.74 Å². The number of morpholine rings is 1. The second-order valence-electron chi connectivity index (χ2n) is 5.86. The molecule has 1 aliphatic rings. The zero-order valence-electron chi connectivity index (χ0n) is 13.4.